The average Bonchev–Trinajstić information content (AvgIpc) is 3.41. The summed E-state index contributed by atoms with van der Waals surface area (Å²) < 4.78 is 6.63. The topological polar surface area (TPSA) is 110 Å². The molecule has 33 heavy (non-hydrogen) atoms. The maximum atomic E-state index is 12.6. The van der Waals surface area contributed by atoms with Crippen LogP contribution in [0.1, 0.15) is 51.3 Å². The van der Waals surface area contributed by atoms with E-state index in [0.717, 1.165) is 42.0 Å². The fourth-order valence-corrected chi connectivity index (χ4v) is 3.91. The van der Waals surface area contributed by atoms with E-state index in [1.807, 2.05) is 45.0 Å². The average molecular weight is 451 g/mol. The molecule has 2 aliphatic rings. The Labute approximate surface area is 193 Å². The zero-order chi connectivity index (χ0) is 23.6. The number of nitrogens with zero attached hydrogens (tertiary/aromatic N) is 4. The Balaban J connectivity index is 1.48. The van der Waals surface area contributed by atoms with Gasteiger partial charge in [-0.05, 0) is 43.4 Å². The highest BCUT2D eigenvalue weighted by Crippen LogP contribution is 2.29. The van der Waals surface area contributed by atoms with Crippen molar-refractivity contribution in [3.05, 3.63) is 41.6 Å². The molecule has 1 fully saturated rings. The predicted octanol–water partition coefficient (Wildman–Crippen LogP) is 3.54. The number of aliphatic imine (C=N–C) groups is 2. The van der Waals surface area contributed by atoms with E-state index in [-0.39, 0.29) is 29.2 Å². The van der Waals surface area contributed by atoms with Crippen molar-refractivity contribution in [1.82, 2.24) is 15.1 Å². The molecule has 0 bridgehead atoms. The monoisotopic (exact) mass is 450 g/mol. The van der Waals surface area contributed by atoms with Gasteiger partial charge in [-0.2, -0.15) is 14.8 Å². The summed E-state index contributed by atoms with van der Waals surface area (Å²) in [5.41, 5.74) is 2.45. The van der Waals surface area contributed by atoms with Crippen LogP contribution in [0.4, 0.5) is 10.6 Å². The van der Waals surface area contributed by atoms with Gasteiger partial charge in [0.1, 0.15) is 11.6 Å². The third-order valence-electron chi connectivity index (χ3n) is 5.85. The molecule has 1 atom stereocenters. The number of amides is 3. The first-order valence-electron chi connectivity index (χ1n) is 11.2. The molecule has 2 N–H and O–H groups in total. The quantitative estimate of drug-likeness (QED) is 0.726. The van der Waals surface area contributed by atoms with Crippen molar-refractivity contribution in [2.45, 2.75) is 51.9 Å². The molecule has 2 heterocycles. The number of ether oxygens (including phenoxy) is 1. The lowest BCUT2D eigenvalue weighted by molar-refractivity contribution is -0.119. The number of nitrogens with one attached hydrogen (secondary N) is 2. The first-order valence-corrected chi connectivity index (χ1v) is 11.2. The Bertz CT molecular complexity index is 1110. The maximum Gasteiger partial charge on any atom is 0.320 e. The number of benzene rings is 1. The standard InChI is InChI=1S/C24H30N6O3/c1-24(2,3)19-14-20(27-23(32)25-13-12-15-8-10-16(33-4)11-9-15)30(29-19)22-26-18-7-5-6-17(18)21(31)28-22/h8-11,14,17H,5-7,12-13H2,1-4H3,(H2,25,27,32). The molecule has 9 nitrogen and oxygen atoms in total. The molecule has 0 radical (unpaired) electrons. The molecule has 3 amide bonds. The van der Waals surface area contributed by atoms with Crippen LogP contribution in [-0.4, -0.2) is 47.0 Å². The van der Waals surface area contributed by atoms with Gasteiger partial charge in [0.2, 0.25) is 0 Å². The summed E-state index contributed by atoms with van der Waals surface area (Å²) in [5, 5.41) is 10.3. The van der Waals surface area contributed by atoms with E-state index in [1.54, 1.807) is 13.2 Å². The van der Waals surface area contributed by atoms with Crippen LogP contribution in [0.15, 0.2) is 40.3 Å². The molecule has 1 saturated carbocycles. The van der Waals surface area contributed by atoms with Crippen molar-refractivity contribution in [3.8, 4) is 5.75 Å². The van der Waals surface area contributed by atoms with Gasteiger partial charge in [-0.15, -0.1) is 0 Å². The maximum absolute atomic E-state index is 12.6. The molecular weight excluding hydrogens is 420 g/mol. The molecule has 9 heteroatoms. The van der Waals surface area contributed by atoms with Gasteiger partial charge in [-0.3, -0.25) is 10.1 Å². The van der Waals surface area contributed by atoms with Crippen LogP contribution in [0.2, 0.25) is 0 Å². The number of methoxy groups -OCH3 is 1. The molecule has 0 spiro atoms. The molecule has 0 saturated heterocycles. The van der Waals surface area contributed by atoms with Gasteiger partial charge in [0.05, 0.1) is 18.7 Å². The van der Waals surface area contributed by atoms with Crippen LogP contribution in [0.25, 0.3) is 0 Å². The Morgan fingerprint density at radius 2 is 1.97 bits per heavy atom. The van der Waals surface area contributed by atoms with Crippen molar-refractivity contribution in [2.24, 2.45) is 15.9 Å². The number of rotatable bonds is 5. The second-order valence-electron chi connectivity index (χ2n) is 9.35. The van der Waals surface area contributed by atoms with Crippen LogP contribution in [0.5, 0.6) is 5.75 Å². The molecule has 1 aromatic heterocycles. The minimum absolute atomic E-state index is 0.185. The van der Waals surface area contributed by atoms with Gasteiger partial charge in [0.25, 0.3) is 11.9 Å². The number of hydrogen-bond acceptors (Lipinski definition) is 5. The predicted molar refractivity (Wildman–Crippen MR) is 127 cm³/mol. The summed E-state index contributed by atoms with van der Waals surface area (Å²) in [4.78, 5) is 33.9. The highest BCUT2D eigenvalue weighted by molar-refractivity contribution is 6.17. The van der Waals surface area contributed by atoms with Gasteiger partial charge in [0, 0.05) is 23.7 Å². The zero-order valence-corrected chi connectivity index (χ0v) is 19.5. The zero-order valence-electron chi connectivity index (χ0n) is 19.5. The largest absolute Gasteiger partial charge is 0.497 e. The lowest BCUT2D eigenvalue weighted by Crippen LogP contribution is -2.33. The fraction of sp³-hybridized carbons (Fsp3) is 0.458. The summed E-state index contributed by atoms with van der Waals surface area (Å²) in [7, 11) is 1.63. The Morgan fingerprint density at radius 1 is 1.21 bits per heavy atom. The van der Waals surface area contributed by atoms with Gasteiger partial charge >= 0.3 is 6.03 Å². The highest BCUT2D eigenvalue weighted by atomic mass is 16.5. The van der Waals surface area contributed by atoms with Gasteiger partial charge in [-0.25, -0.2) is 9.79 Å². The molecule has 1 unspecified atom stereocenters. The number of aromatic nitrogens is 2. The van der Waals surface area contributed by atoms with Crippen LogP contribution in [0, 0.1) is 5.92 Å². The second kappa shape index (κ2) is 9.17. The minimum Gasteiger partial charge on any atom is -0.497 e. The first kappa shape index (κ1) is 22.7. The summed E-state index contributed by atoms with van der Waals surface area (Å²) in [5.74, 6) is 1.04. The van der Waals surface area contributed by atoms with E-state index < -0.39 is 0 Å². The number of hydrogen-bond donors (Lipinski definition) is 2. The second-order valence-corrected chi connectivity index (χ2v) is 9.35. The van der Waals surface area contributed by atoms with Gasteiger partial charge in [-0.1, -0.05) is 32.9 Å². The van der Waals surface area contributed by atoms with Crippen LogP contribution >= 0.6 is 0 Å². The number of carbonyl (C=O) groups is 2. The Kier molecular flexibility index (Phi) is 6.31. The summed E-state index contributed by atoms with van der Waals surface area (Å²) in [6, 6.07) is 9.17. The van der Waals surface area contributed by atoms with E-state index in [4.69, 9.17) is 4.74 Å². The molecule has 1 aliphatic heterocycles. The number of anilines is 1. The Morgan fingerprint density at radius 3 is 2.67 bits per heavy atom. The summed E-state index contributed by atoms with van der Waals surface area (Å²) >= 11 is 0. The van der Waals surface area contributed by atoms with Crippen molar-refractivity contribution >= 4 is 29.4 Å². The third kappa shape index (κ3) is 5.13. The lowest BCUT2D eigenvalue weighted by atomic mass is 9.92. The van der Waals surface area contributed by atoms with E-state index in [1.165, 1.54) is 4.68 Å². The summed E-state index contributed by atoms with van der Waals surface area (Å²) in [6.45, 7) is 6.56. The molecule has 1 aromatic carbocycles. The molecular formula is C24H30N6O3. The molecule has 4 rings (SSSR count). The molecule has 2 aromatic rings. The number of urea groups is 1. The molecule has 1 aliphatic carbocycles. The van der Waals surface area contributed by atoms with E-state index in [9.17, 15) is 9.59 Å². The number of carbonyl (C=O) groups excluding carboxylic acids is 2. The van der Waals surface area contributed by atoms with E-state index in [0.29, 0.717) is 18.8 Å². The van der Waals surface area contributed by atoms with Crippen molar-refractivity contribution < 1.29 is 14.3 Å². The molecule has 174 valence electrons. The Hall–Kier alpha value is -3.49. The van der Waals surface area contributed by atoms with E-state index in [2.05, 4.69) is 25.7 Å². The van der Waals surface area contributed by atoms with Crippen molar-refractivity contribution in [2.75, 3.05) is 19.0 Å². The minimum atomic E-state index is -0.362. The SMILES string of the molecule is COc1ccc(CCNC(=O)Nc2cc(C(C)(C)C)nn2C2=NC(=O)C3CCCC3=N2)cc1. The fourth-order valence-electron chi connectivity index (χ4n) is 3.91. The van der Waals surface area contributed by atoms with Crippen molar-refractivity contribution in [3.63, 3.8) is 0 Å². The highest BCUT2D eigenvalue weighted by Gasteiger charge is 2.34. The van der Waals surface area contributed by atoms with Gasteiger partial charge < -0.3 is 10.1 Å². The number of fused-ring (bicyclic) bond motifs is 1. The summed E-state index contributed by atoms with van der Waals surface area (Å²) in [6.07, 6.45) is 3.20. The normalized spacial score (nSPS) is 17.8. The van der Waals surface area contributed by atoms with Crippen LogP contribution < -0.4 is 15.4 Å². The van der Waals surface area contributed by atoms with Crippen molar-refractivity contribution in [1.29, 1.82) is 0 Å². The van der Waals surface area contributed by atoms with Crippen LogP contribution in [-0.2, 0) is 16.6 Å². The smallest absolute Gasteiger partial charge is 0.320 e. The van der Waals surface area contributed by atoms with Gasteiger partial charge in [0.15, 0.2) is 0 Å². The van der Waals surface area contributed by atoms with Crippen LogP contribution in [0.3, 0.4) is 0 Å². The first-order chi connectivity index (χ1) is 15.7. The third-order valence-corrected chi connectivity index (χ3v) is 5.85. The van der Waals surface area contributed by atoms with E-state index >= 15 is 0 Å². The lowest BCUT2D eigenvalue weighted by Gasteiger charge is -2.16.